The largest absolute Gasteiger partial charge is 0.369 e. The molecule has 7 heteroatoms. The maximum absolute atomic E-state index is 11.9. The number of rotatable bonds is 9. The molecule has 0 bridgehead atoms. The topological polar surface area (TPSA) is 105 Å². The maximum atomic E-state index is 11.9. The molecule has 116 valence electrons. The van der Waals surface area contributed by atoms with E-state index in [1.165, 1.54) is 6.20 Å². The van der Waals surface area contributed by atoms with Gasteiger partial charge >= 0.3 is 0 Å². The van der Waals surface area contributed by atoms with Crippen LogP contribution in [0.1, 0.15) is 18.9 Å². The first-order chi connectivity index (χ1) is 10.7. The predicted octanol–water partition coefficient (Wildman–Crippen LogP) is 0.717. The van der Waals surface area contributed by atoms with Crippen molar-refractivity contribution in [3.8, 4) is 12.1 Å². The molecule has 22 heavy (non-hydrogen) atoms. The van der Waals surface area contributed by atoms with Gasteiger partial charge in [0, 0.05) is 25.8 Å². The fourth-order valence-electron chi connectivity index (χ4n) is 1.80. The molecule has 2 N–H and O–H groups in total. The number of nitriles is 2. The third kappa shape index (κ3) is 6.21. The van der Waals surface area contributed by atoms with Gasteiger partial charge in [-0.1, -0.05) is 6.92 Å². The number of pyridine rings is 1. The molecule has 1 aromatic heterocycles. The highest BCUT2D eigenvalue weighted by Gasteiger charge is 2.10. The summed E-state index contributed by atoms with van der Waals surface area (Å²) < 4.78 is 0. The van der Waals surface area contributed by atoms with E-state index in [4.69, 9.17) is 10.5 Å². The van der Waals surface area contributed by atoms with Gasteiger partial charge in [-0.3, -0.25) is 4.79 Å². The Kier molecular flexibility index (Phi) is 8.02. The molecule has 1 aromatic rings. The molecule has 0 saturated carbocycles. The van der Waals surface area contributed by atoms with Crippen LogP contribution < -0.4 is 10.6 Å². The summed E-state index contributed by atoms with van der Waals surface area (Å²) in [7, 11) is 0. The highest BCUT2D eigenvalue weighted by Crippen LogP contribution is 2.02. The second kappa shape index (κ2) is 10.1. The fourth-order valence-corrected chi connectivity index (χ4v) is 1.80. The number of carbonyl (C=O) groups excluding carboxylic acids is 1. The first-order valence-corrected chi connectivity index (χ1v) is 7.16. The molecule has 0 unspecified atom stereocenters. The van der Waals surface area contributed by atoms with Crippen LogP contribution in [0.15, 0.2) is 18.3 Å². The zero-order chi connectivity index (χ0) is 16.2. The molecule has 0 aliphatic heterocycles. The first-order valence-electron chi connectivity index (χ1n) is 7.16. The van der Waals surface area contributed by atoms with Crippen molar-refractivity contribution in [3.63, 3.8) is 0 Å². The van der Waals surface area contributed by atoms with Gasteiger partial charge in [0.1, 0.15) is 18.4 Å². The summed E-state index contributed by atoms with van der Waals surface area (Å²) in [6, 6.07) is 7.43. The van der Waals surface area contributed by atoms with Crippen molar-refractivity contribution < 1.29 is 4.79 Å². The van der Waals surface area contributed by atoms with Crippen LogP contribution in [0.3, 0.4) is 0 Å². The van der Waals surface area contributed by atoms with E-state index < -0.39 is 0 Å². The third-order valence-electron chi connectivity index (χ3n) is 2.88. The Morgan fingerprint density at radius 2 is 2.18 bits per heavy atom. The molecule has 0 fully saturated rings. The number of hydrogen-bond acceptors (Lipinski definition) is 6. The summed E-state index contributed by atoms with van der Waals surface area (Å²) in [4.78, 5) is 17.5. The van der Waals surface area contributed by atoms with Crippen molar-refractivity contribution in [1.82, 2.24) is 15.2 Å². The van der Waals surface area contributed by atoms with Crippen LogP contribution in [0.25, 0.3) is 0 Å². The molecule has 1 heterocycles. The number of nitrogens with zero attached hydrogens (tertiary/aromatic N) is 4. The Balaban J connectivity index is 2.22. The highest BCUT2D eigenvalue weighted by atomic mass is 16.2. The van der Waals surface area contributed by atoms with Crippen molar-refractivity contribution in [1.29, 1.82) is 10.5 Å². The van der Waals surface area contributed by atoms with Crippen LogP contribution in [0, 0.1) is 22.7 Å². The SMILES string of the molecule is CCCN(CC#N)C(=O)CNCCNc1ccc(C#N)cn1. The van der Waals surface area contributed by atoms with Gasteiger partial charge in [-0.2, -0.15) is 10.5 Å². The number of nitrogens with one attached hydrogen (secondary N) is 2. The summed E-state index contributed by atoms with van der Waals surface area (Å²) >= 11 is 0. The first kappa shape index (κ1) is 17.4. The van der Waals surface area contributed by atoms with E-state index in [2.05, 4.69) is 15.6 Å². The molecule has 0 aliphatic rings. The summed E-state index contributed by atoms with van der Waals surface area (Å²) in [5.74, 6) is 0.615. The lowest BCUT2D eigenvalue weighted by atomic mass is 10.3. The zero-order valence-corrected chi connectivity index (χ0v) is 12.7. The van der Waals surface area contributed by atoms with Gasteiger partial charge in [-0.15, -0.1) is 0 Å². The van der Waals surface area contributed by atoms with E-state index >= 15 is 0 Å². The molecular formula is C15H20N6O. The van der Waals surface area contributed by atoms with Crippen molar-refractivity contribution in [2.75, 3.05) is 38.0 Å². The smallest absolute Gasteiger partial charge is 0.237 e. The molecule has 0 aliphatic carbocycles. The molecular weight excluding hydrogens is 280 g/mol. The van der Waals surface area contributed by atoms with Crippen molar-refractivity contribution in [2.24, 2.45) is 0 Å². The normalized spacial score (nSPS) is 9.59. The average Bonchev–Trinajstić information content (AvgIpc) is 2.54. The van der Waals surface area contributed by atoms with Gasteiger partial charge in [-0.05, 0) is 18.6 Å². The Morgan fingerprint density at radius 3 is 2.77 bits per heavy atom. The lowest BCUT2D eigenvalue weighted by Crippen LogP contribution is -2.40. The number of anilines is 1. The lowest BCUT2D eigenvalue weighted by Gasteiger charge is -2.18. The minimum atomic E-state index is -0.0695. The quantitative estimate of drug-likeness (QED) is 0.514. The highest BCUT2D eigenvalue weighted by molar-refractivity contribution is 5.78. The molecule has 0 radical (unpaired) electrons. The van der Waals surface area contributed by atoms with Crippen LogP contribution in [-0.4, -0.2) is 48.5 Å². The molecule has 0 saturated heterocycles. The van der Waals surface area contributed by atoms with E-state index in [-0.39, 0.29) is 19.0 Å². The Hall–Kier alpha value is -2.64. The minimum Gasteiger partial charge on any atom is -0.369 e. The molecule has 0 atom stereocenters. The Morgan fingerprint density at radius 1 is 1.36 bits per heavy atom. The van der Waals surface area contributed by atoms with Gasteiger partial charge < -0.3 is 15.5 Å². The summed E-state index contributed by atoms with van der Waals surface area (Å²) in [5.41, 5.74) is 0.516. The standard InChI is InChI=1S/C15H20N6O/c1-2-8-21(9-5-16)15(22)12-18-6-7-19-14-4-3-13(10-17)11-20-14/h3-4,11,18H,2,6-9,12H2,1H3,(H,19,20). The maximum Gasteiger partial charge on any atom is 0.237 e. The van der Waals surface area contributed by atoms with Crippen molar-refractivity contribution in [2.45, 2.75) is 13.3 Å². The summed E-state index contributed by atoms with van der Waals surface area (Å²) in [5, 5.41) is 23.5. The molecule has 0 aromatic carbocycles. The van der Waals surface area contributed by atoms with E-state index in [9.17, 15) is 4.79 Å². The number of aromatic nitrogens is 1. The predicted molar refractivity (Wildman–Crippen MR) is 82.8 cm³/mol. The summed E-state index contributed by atoms with van der Waals surface area (Å²) in [6.45, 7) is 4.12. The van der Waals surface area contributed by atoms with E-state index in [1.807, 2.05) is 19.1 Å². The number of hydrogen-bond donors (Lipinski definition) is 2. The second-order valence-corrected chi connectivity index (χ2v) is 4.62. The third-order valence-corrected chi connectivity index (χ3v) is 2.88. The minimum absolute atomic E-state index is 0.0695. The van der Waals surface area contributed by atoms with Gasteiger partial charge in [0.05, 0.1) is 18.2 Å². The van der Waals surface area contributed by atoms with Crippen LogP contribution in [-0.2, 0) is 4.79 Å². The van der Waals surface area contributed by atoms with E-state index in [0.29, 0.717) is 31.0 Å². The lowest BCUT2D eigenvalue weighted by molar-refractivity contribution is -0.129. The van der Waals surface area contributed by atoms with Gasteiger partial charge in [0.15, 0.2) is 0 Å². The zero-order valence-electron chi connectivity index (χ0n) is 12.7. The van der Waals surface area contributed by atoms with Crippen molar-refractivity contribution >= 4 is 11.7 Å². The summed E-state index contributed by atoms with van der Waals surface area (Å²) in [6.07, 6.45) is 2.34. The number of amides is 1. The molecule has 0 spiro atoms. The van der Waals surface area contributed by atoms with Gasteiger partial charge in [0.2, 0.25) is 5.91 Å². The van der Waals surface area contributed by atoms with Crippen LogP contribution in [0.2, 0.25) is 0 Å². The average molecular weight is 300 g/mol. The second-order valence-electron chi connectivity index (χ2n) is 4.62. The Labute approximate surface area is 130 Å². The van der Waals surface area contributed by atoms with Crippen LogP contribution >= 0.6 is 0 Å². The molecule has 7 nitrogen and oxygen atoms in total. The number of carbonyl (C=O) groups is 1. The van der Waals surface area contributed by atoms with Crippen LogP contribution in [0.5, 0.6) is 0 Å². The van der Waals surface area contributed by atoms with E-state index in [0.717, 1.165) is 6.42 Å². The van der Waals surface area contributed by atoms with Gasteiger partial charge in [0.25, 0.3) is 0 Å². The van der Waals surface area contributed by atoms with E-state index in [1.54, 1.807) is 17.0 Å². The van der Waals surface area contributed by atoms with Crippen LogP contribution in [0.4, 0.5) is 5.82 Å². The Bertz CT molecular complexity index is 543. The van der Waals surface area contributed by atoms with Crippen molar-refractivity contribution in [3.05, 3.63) is 23.9 Å². The molecule has 1 amide bonds. The van der Waals surface area contributed by atoms with Gasteiger partial charge in [-0.25, -0.2) is 4.98 Å². The monoisotopic (exact) mass is 300 g/mol. The fraction of sp³-hybridized carbons (Fsp3) is 0.467. The molecule has 1 rings (SSSR count).